The van der Waals surface area contributed by atoms with Crippen LogP contribution in [0.1, 0.15) is 10.4 Å². The van der Waals surface area contributed by atoms with Crippen molar-refractivity contribution < 1.29 is 14.3 Å². The van der Waals surface area contributed by atoms with E-state index >= 15 is 0 Å². The molecule has 0 aliphatic carbocycles. The lowest BCUT2D eigenvalue weighted by atomic mass is 10.2. The molecular formula is C13H18ClN3O3. The van der Waals surface area contributed by atoms with Gasteiger partial charge in [-0.3, -0.25) is 4.79 Å². The van der Waals surface area contributed by atoms with Gasteiger partial charge in [0, 0.05) is 33.4 Å². The lowest BCUT2D eigenvalue weighted by Gasteiger charge is -2.13. The number of carbonyl (C=O) groups excluding carboxylic acids is 2. The highest BCUT2D eigenvalue weighted by Crippen LogP contribution is 2.21. The maximum absolute atomic E-state index is 11.8. The maximum atomic E-state index is 11.8. The zero-order chi connectivity index (χ0) is 15.1. The molecule has 2 N–H and O–H groups in total. The van der Waals surface area contributed by atoms with Crippen LogP contribution < -0.4 is 10.6 Å². The molecule has 0 saturated heterocycles. The predicted molar refractivity (Wildman–Crippen MR) is 78.4 cm³/mol. The average molecular weight is 300 g/mol. The molecule has 0 bridgehead atoms. The van der Waals surface area contributed by atoms with Gasteiger partial charge in [-0.15, -0.1) is 0 Å². The zero-order valence-electron chi connectivity index (χ0n) is 11.7. The third kappa shape index (κ3) is 4.71. The Morgan fingerprint density at radius 2 is 2.05 bits per heavy atom. The van der Waals surface area contributed by atoms with Gasteiger partial charge < -0.3 is 20.3 Å². The minimum absolute atomic E-state index is 0.189. The SMILES string of the molecule is COCCNC(=O)Nc1ccc(C(=O)N(C)C)c(Cl)c1. The van der Waals surface area contributed by atoms with E-state index in [2.05, 4.69) is 10.6 Å². The molecule has 0 unspecified atom stereocenters. The molecule has 0 fully saturated rings. The van der Waals surface area contributed by atoms with Crippen molar-refractivity contribution in [2.24, 2.45) is 0 Å². The molecule has 0 aliphatic heterocycles. The lowest BCUT2D eigenvalue weighted by Crippen LogP contribution is -2.31. The highest BCUT2D eigenvalue weighted by Gasteiger charge is 2.13. The monoisotopic (exact) mass is 299 g/mol. The van der Waals surface area contributed by atoms with Crippen LogP contribution >= 0.6 is 11.6 Å². The second-order valence-corrected chi connectivity index (χ2v) is 4.68. The fourth-order valence-electron chi connectivity index (χ4n) is 1.45. The second kappa shape index (κ2) is 7.72. The van der Waals surface area contributed by atoms with Gasteiger partial charge in [-0.2, -0.15) is 0 Å². The Balaban J connectivity index is 2.68. The average Bonchev–Trinajstić information content (AvgIpc) is 2.38. The molecule has 0 radical (unpaired) electrons. The third-order valence-corrected chi connectivity index (χ3v) is 2.77. The number of nitrogens with one attached hydrogen (secondary N) is 2. The highest BCUT2D eigenvalue weighted by molar-refractivity contribution is 6.34. The number of ether oxygens (including phenoxy) is 1. The molecule has 0 spiro atoms. The summed E-state index contributed by atoms with van der Waals surface area (Å²) in [7, 11) is 4.85. The number of benzene rings is 1. The number of anilines is 1. The summed E-state index contributed by atoms with van der Waals surface area (Å²) in [6, 6.07) is 4.38. The van der Waals surface area contributed by atoms with Crippen LogP contribution in [0.15, 0.2) is 18.2 Å². The van der Waals surface area contributed by atoms with Crippen molar-refractivity contribution in [2.75, 3.05) is 39.7 Å². The first-order valence-electron chi connectivity index (χ1n) is 6.00. The van der Waals surface area contributed by atoms with Crippen LogP contribution in [-0.4, -0.2) is 51.2 Å². The van der Waals surface area contributed by atoms with Crippen molar-refractivity contribution in [3.63, 3.8) is 0 Å². The Labute approximate surface area is 123 Å². The Hall–Kier alpha value is -1.79. The van der Waals surface area contributed by atoms with Crippen molar-refractivity contribution in [1.82, 2.24) is 10.2 Å². The van der Waals surface area contributed by atoms with Crippen LogP contribution in [-0.2, 0) is 4.74 Å². The molecule has 6 nitrogen and oxygen atoms in total. The summed E-state index contributed by atoms with van der Waals surface area (Å²) in [5.41, 5.74) is 0.905. The summed E-state index contributed by atoms with van der Waals surface area (Å²) in [6.45, 7) is 0.845. The number of nitrogens with zero attached hydrogens (tertiary/aromatic N) is 1. The zero-order valence-corrected chi connectivity index (χ0v) is 12.5. The number of halogens is 1. The molecule has 3 amide bonds. The molecular weight excluding hydrogens is 282 g/mol. The Bertz CT molecular complexity index is 492. The molecule has 0 atom stereocenters. The summed E-state index contributed by atoms with van der Waals surface area (Å²) in [6.07, 6.45) is 0. The van der Waals surface area contributed by atoms with Crippen molar-refractivity contribution in [3.8, 4) is 0 Å². The first kappa shape index (κ1) is 16.3. The van der Waals surface area contributed by atoms with E-state index in [1.807, 2.05) is 0 Å². The van der Waals surface area contributed by atoms with Gasteiger partial charge >= 0.3 is 6.03 Å². The summed E-state index contributed by atoms with van der Waals surface area (Å²) >= 11 is 6.04. The number of hydrogen-bond donors (Lipinski definition) is 2. The van der Waals surface area contributed by atoms with Crippen LogP contribution in [0, 0.1) is 0 Å². The van der Waals surface area contributed by atoms with Gasteiger partial charge in [-0.1, -0.05) is 11.6 Å². The second-order valence-electron chi connectivity index (χ2n) is 4.27. The standard InChI is InChI=1S/C13H18ClN3O3/c1-17(2)12(18)10-5-4-9(8-11(10)14)16-13(19)15-6-7-20-3/h4-5,8H,6-7H2,1-3H3,(H2,15,16,19). The third-order valence-electron chi connectivity index (χ3n) is 2.46. The minimum atomic E-state index is -0.357. The van der Waals surface area contributed by atoms with Gasteiger partial charge in [-0.25, -0.2) is 4.79 Å². The molecule has 7 heteroatoms. The first-order valence-corrected chi connectivity index (χ1v) is 6.38. The van der Waals surface area contributed by atoms with Gasteiger partial charge in [0.2, 0.25) is 0 Å². The largest absolute Gasteiger partial charge is 0.383 e. The lowest BCUT2D eigenvalue weighted by molar-refractivity contribution is 0.0828. The number of amides is 3. The van der Waals surface area contributed by atoms with E-state index in [-0.39, 0.29) is 11.9 Å². The van der Waals surface area contributed by atoms with Crippen LogP contribution in [0.2, 0.25) is 5.02 Å². The van der Waals surface area contributed by atoms with Crippen molar-refractivity contribution in [2.45, 2.75) is 0 Å². The van der Waals surface area contributed by atoms with E-state index in [9.17, 15) is 9.59 Å². The number of methoxy groups -OCH3 is 1. The Morgan fingerprint density at radius 1 is 1.35 bits per heavy atom. The van der Waals surface area contributed by atoms with Crippen molar-refractivity contribution in [1.29, 1.82) is 0 Å². The van der Waals surface area contributed by atoms with Crippen LogP contribution in [0.25, 0.3) is 0 Å². The minimum Gasteiger partial charge on any atom is -0.383 e. The van der Waals surface area contributed by atoms with E-state index < -0.39 is 0 Å². The molecule has 0 aromatic heterocycles. The molecule has 110 valence electrons. The summed E-state index contributed by atoms with van der Waals surface area (Å²) < 4.78 is 4.82. The number of urea groups is 1. The van der Waals surface area contributed by atoms with Crippen LogP contribution in [0.3, 0.4) is 0 Å². The fourth-order valence-corrected chi connectivity index (χ4v) is 1.71. The molecule has 1 aromatic rings. The molecule has 0 heterocycles. The summed E-state index contributed by atoms with van der Waals surface area (Å²) in [5, 5.41) is 5.53. The van der Waals surface area contributed by atoms with E-state index in [4.69, 9.17) is 16.3 Å². The quantitative estimate of drug-likeness (QED) is 0.815. The van der Waals surface area contributed by atoms with Gasteiger partial charge in [0.15, 0.2) is 0 Å². The summed E-state index contributed by atoms with van der Waals surface area (Å²) in [5.74, 6) is -0.189. The Morgan fingerprint density at radius 3 is 2.60 bits per heavy atom. The van der Waals surface area contributed by atoms with E-state index in [1.54, 1.807) is 33.3 Å². The van der Waals surface area contributed by atoms with Gasteiger partial charge in [0.05, 0.1) is 17.2 Å². The Kier molecular flexibility index (Phi) is 6.27. The normalized spacial score (nSPS) is 10.0. The number of carbonyl (C=O) groups is 2. The number of rotatable bonds is 5. The predicted octanol–water partition coefficient (Wildman–Crippen LogP) is 1.81. The van der Waals surface area contributed by atoms with Gasteiger partial charge in [0.25, 0.3) is 5.91 Å². The molecule has 0 saturated carbocycles. The first-order chi connectivity index (χ1) is 9.45. The maximum Gasteiger partial charge on any atom is 0.319 e. The van der Waals surface area contributed by atoms with Crippen molar-refractivity contribution in [3.05, 3.63) is 28.8 Å². The van der Waals surface area contributed by atoms with E-state index in [0.717, 1.165) is 0 Å². The van der Waals surface area contributed by atoms with E-state index in [1.165, 1.54) is 11.0 Å². The topological polar surface area (TPSA) is 70.7 Å². The van der Waals surface area contributed by atoms with Crippen molar-refractivity contribution >= 4 is 29.2 Å². The molecule has 1 aromatic carbocycles. The van der Waals surface area contributed by atoms with Gasteiger partial charge in [-0.05, 0) is 18.2 Å². The fraction of sp³-hybridized carbons (Fsp3) is 0.385. The highest BCUT2D eigenvalue weighted by atomic mass is 35.5. The molecule has 0 aliphatic rings. The van der Waals surface area contributed by atoms with Crippen LogP contribution in [0.4, 0.5) is 10.5 Å². The van der Waals surface area contributed by atoms with Crippen LogP contribution in [0.5, 0.6) is 0 Å². The smallest absolute Gasteiger partial charge is 0.319 e. The summed E-state index contributed by atoms with van der Waals surface area (Å²) in [4.78, 5) is 24.8. The number of hydrogen-bond acceptors (Lipinski definition) is 3. The molecule has 20 heavy (non-hydrogen) atoms. The van der Waals surface area contributed by atoms with Gasteiger partial charge in [0.1, 0.15) is 0 Å². The molecule has 1 rings (SSSR count). The van der Waals surface area contributed by atoms with E-state index in [0.29, 0.717) is 29.4 Å².